The van der Waals surface area contributed by atoms with Gasteiger partial charge < -0.3 is 9.47 Å². The minimum absolute atomic E-state index is 0.101. The van der Waals surface area contributed by atoms with Crippen LogP contribution in [-0.2, 0) is 10.2 Å². The Kier molecular flexibility index (Phi) is 6.09. The van der Waals surface area contributed by atoms with E-state index >= 15 is 0 Å². The smallest absolute Gasteiger partial charge is 0.244 e. The molecule has 0 heterocycles. The molecule has 31 heavy (non-hydrogen) atoms. The topological polar surface area (TPSA) is 59.9 Å². The van der Waals surface area contributed by atoms with Crippen LogP contribution in [0.5, 0.6) is 11.5 Å². The summed E-state index contributed by atoms with van der Waals surface area (Å²) in [7, 11) is 3.17. The van der Waals surface area contributed by atoms with Gasteiger partial charge in [-0.1, -0.05) is 60.7 Å². The number of nitrogens with zero attached hydrogens (tertiary/aromatic N) is 1. The summed E-state index contributed by atoms with van der Waals surface area (Å²) in [5.74, 6) is 0.980. The summed E-state index contributed by atoms with van der Waals surface area (Å²) in [6.45, 7) is 0. The van der Waals surface area contributed by atoms with E-state index < -0.39 is 0 Å². The number of methoxy groups -OCH3 is 2. The van der Waals surface area contributed by atoms with Gasteiger partial charge in [-0.2, -0.15) is 5.10 Å². The molecule has 158 valence electrons. The molecule has 0 spiro atoms. The first-order valence-corrected chi connectivity index (χ1v) is 10.7. The zero-order valence-corrected chi connectivity index (χ0v) is 18.9. The largest absolute Gasteiger partial charge is 0.496 e. The normalized spacial score (nSPS) is 16.7. The monoisotopic (exact) mass is 478 g/mol. The van der Waals surface area contributed by atoms with Crippen LogP contribution in [0.2, 0.25) is 0 Å². The number of nitrogens with one attached hydrogen (secondary N) is 1. The van der Waals surface area contributed by atoms with Crippen molar-refractivity contribution in [2.24, 2.45) is 11.0 Å². The molecule has 1 N–H and O–H groups in total. The van der Waals surface area contributed by atoms with Gasteiger partial charge in [-0.15, -0.1) is 0 Å². The Balaban J connectivity index is 1.54. The number of carbonyl (C=O) groups is 1. The van der Waals surface area contributed by atoms with Gasteiger partial charge in [0.15, 0.2) is 0 Å². The third kappa shape index (κ3) is 4.08. The third-order valence-electron chi connectivity index (χ3n) is 5.74. The average Bonchev–Trinajstić information content (AvgIpc) is 3.57. The van der Waals surface area contributed by atoms with Gasteiger partial charge in [0.25, 0.3) is 0 Å². The first-order valence-electron chi connectivity index (χ1n) is 9.95. The summed E-state index contributed by atoms with van der Waals surface area (Å²) >= 11 is 3.46. The molecular weight excluding hydrogens is 456 g/mol. The maximum atomic E-state index is 13.0. The fourth-order valence-corrected chi connectivity index (χ4v) is 4.61. The van der Waals surface area contributed by atoms with Crippen molar-refractivity contribution in [3.8, 4) is 11.5 Å². The van der Waals surface area contributed by atoms with Crippen LogP contribution in [-0.4, -0.2) is 26.3 Å². The second-order valence-electron chi connectivity index (χ2n) is 7.42. The fraction of sp³-hybridized carbons (Fsp3) is 0.200. The highest BCUT2D eigenvalue weighted by Crippen LogP contribution is 2.58. The van der Waals surface area contributed by atoms with E-state index in [2.05, 4.69) is 50.7 Å². The lowest BCUT2D eigenvalue weighted by molar-refractivity contribution is -0.122. The highest BCUT2D eigenvalue weighted by atomic mass is 79.9. The lowest BCUT2D eigenvalue weighted by Crippen LogP contribution is -2.25. The van der Waals surface area contributed by atoms with E-state index in [1.807, 2.05) is 42.5 Å². The molecule has 0 saturated heterocycles. The van der Waals surface area contributed by atoms with E-state index in [-0.39, 0.29) is 17.2 Å². The van der Waals surface area contributed by atoms with E-state index in [1.165, 1.54) is 0 Å². The maximum absolute atomic E-state index is 13.0. The molecule has 1 aliphatic carbocycles. The lowest BCUT2D eigenvalue weighted by Gasteiger charge is -2.18. The molecule has 1 saturated carbocycles. The summed E-state index contributed by atoms with van der Waals surface area (Å²) in [4.78, 5) is 13.0. The summed E-state index contributed by atoms with van der Waals surface area (Å²) < 4.78 is 11.5. The second-order valence-corrected chi connectivity index (χ2v) is 8.28. The van der Waals surface area contributed by atoms with Crippen LogP contribution in [0.3, 0.4) is 0 Å². The predicted molar refractivity (Wildman–Crippen MR) is 125 cm³/mol. The standard InChI is InChI=1S/C25H23BrN2O3/c1-30-22-14-23(31-2)21(26)13-17(22)16-27-28-24(29)20-15-25(20,18-9-5-3-6-10-18)19-11-7-4-8-12-19/h3-14,16,20H,15H2,1-2H3,(H,28,29)/b27-16-/t20-/m1/s1. The number of benzene rings is 3. The van der Waals surface area contributed by atoms with E-state index in [1.54, 1.807) is 26.5 Å². The Morgan fingerprint density at radius 2 is 1.58 bits per heavy atom. The quantitative estimate of drug-likeness (QED) is 0.387. The number of amides is 1. The van der Waals surface area contributed by atoms with Crippen LogP contribution in [0.1, 0.15) is 23.1 Å². The van der Waals surface area contributed by atoms with Crippen LogP contribution >= 0.6 is 15.9 Å². The Morgan fingerprint density at radius 1 is 1.00 bits per heavy atom. The number of ether oxygens (including phenoxy) is 2. The number of hydrogen-bond donors (Lipinski definition) is 1. The Bertz CT molecular complexity index is 1060. The number of hydrogen-bond acceptors (Lipinski definition) is 4. The van der Waals surface area contributed by atoms with Crippen molar-refractivity contribution in [3.05, 3.63) is 94.0 Å². The van der Waals surface area contributed by atoms with E-state index in [0.29, 0.717) is 11.5 Å². The maximum Gasteiger partial charge on any atom is 0.244 e. The molecule has 5 nitrogen and oxygen atoms in total. The molecule has 0 unspecified atom stereocenters. The molecule has 6 heteroatoms. The zero-order chi connectivity index (χ0) is 21.8. The van der Waals surface area contributed by atoms with E-state index in [0.717, 1.165) is 27.6 Å². The molecule has 4 rings (SSSR count). The van der Waals surface area contributed by atoms with Crippen LogP contribution in [0.4, 0.5) is 0 Å². The number of carbonyl (C=O) groups excluding carboxylic acids is 1. The van der Waals surface area contributed by atoms with Gasteiger partial charge in [-0.3, -0.25) is 4.79 Å². The molecule has 3 aromatic rings. The van der Waals surface area contributed by atoms with Crippen molar-refractivity contribution < 1.29 is 14.3 Å². The van der Waals surface area contributed by atoms with Crippen LogP contribution in [0, 0.1) is 5.92 Å². The van der Waals surface area contributed by atoms with E-state index in [4.69, 9.17) is 9.47 Å². The fourth-order valence-electron chi connectivity index (χ4n) is 4.08. The molecule has 0 aliphatic heterocycles. The predicted octanol–water partition coefficient (Wildman–Crippen LogP) is 4.92. The highest BCUT2D eigenvalue weighted by molar-refractivity contribution is 9.10. The minimum Gasteiger partial charge on any atom is -0.496 e. The Morgan fingerprint density at radius 3 is 2.13 bits per heavy atom. The van der Waals surface area contributed by atoms with Gasteiger partial charge in [-0.05, 0) is 39.5 Å². The molecular formula is C25H23BrN2O3. The molecule has 1 atom stereocenters. The van der Waals surface area contributed by atoms with Crippen molar-refractivity contribution in [1.29, 1.82) is 0 Å². The van der Waals surface area contributed by atoms with Gasteiger partial charge >= 0.3 is 0 Å². The summed E-state index contributed by atoms with van der Waals surface area (Å²) in [6.07, 6.45) is 2.33. The highest BCUT2D eigenvalue weighted by Gasteiger charge is 2.60. The van der Waals surface area contributed by atoms with Gasteiger partial charge in [0.2, 0.25) is 5.91 Å². The molecule has 0 aromatic heterocycles. The summed E-state index contributed by atoms with van der Waals surface area (Å²) in [5, 5.41) is 4.19. The van der Waals surface area contributed by atoms with Crippen molar-refractivity contribution in [2.45, 2.75) is 11.8 Å². The summed E-state index contributed by atoms with van der Waals surface area (Å²) in [6, 6.07) is 24.0. The van der Waals surface area contributed by atoms with Crippen LogP contribution in [0.15, 0.2) is 82.4 Å². The number of rotatable bonds is 7. The van der Waals surface area contributed by atoms with Crippen LogP contribution in [0.25, 0.3) is 0 Å². The van der Waals surface area contributed by atoms with E-state index in [9.17, 15) is 4.79 Å². The van der Waals surface area contributed by atoms with Crippen molar-refractivity contribution in [2.75, 3.05) is 14.2 Å². The number of hydrazone groups is 1. The Hall–Kier alpha value is -3.12. The van der Waals surface area contributed by atoms with Gasteiger partial charge in [-0.25, -0.2) is 5.43 Å². The minimum atomic E-state index is -0.317. The Labute approximate surface area is 190 Å². The second kappa shape index (κ2) is 8.94. The average molecular weight is 479 g/mol. The van der Waals surface area contributed by atoms with Crippen molar-refractivity contribution in [3.63, 3.8) is 0 Å². The van der Waals surface area contributed by atoms with Crippen molar-refractivity contribution in [1.82, 2.24) is 5.43 Å². The molecule has 3 aromatic carbocycles. The molecule has 1 aliphatic rings. The zero-order valence-electron chi connectivity index (χ0n) is 17.3. The molecule has 0 bridgehead atoms. The molecule has 1 amide bonds. The summed E-state index contributed by atoms with van der Waals surface area (Å²) in [5.41, 5.74) is 5.41. The van der Waals surface area contributed by atoms with Gasteiger partial charge in [0.05, 0.1) is 30.8 Å². The first kappa shape index (κ1) is 21.1. The third-order valence-corrected chi connectivity index (χ3v) is 6.36. The molecule has 1 fully saturated rings. The lowest BCUT2D eigenvalue weighted by atomic mass is 9.85. The van der Waals surface area contributed by atoms with Gasteiger partial charge in [0.1, 0.15) is 11.5 Å². The van der Waals surface area contributed by atoms with Gasteiger partial charge in [0, 0.05) is 17.0 Å². The SMILES string of the molecule is COc1cc(OC)c(/C=N\NC(=O)[C@H]2CC2(c2ccccc2)c2ccccc2)cc1Br. The molecule has 0 radical (unpaired) electrons. The van der Waals surface area contributed by atoms with Crippen molar-refractivity contribution >= 4 is 28.1 Å². The first-order chi connectivity index (χ1) is 15.1. The van der Waals surface area contributed by atoms with Crippen LogP contribution < -0.4 is 14.9 Å². The number of halogens is 1.